The fourth-order valence-corrected chi connectivity index (χ4v) is 2.32. The molecule has 2 atom stereocenters. The lowest BCUT2D eigenvalue weighted by molar-refractivity contribution is -0.134. The van der Waals surface area contributed by atoms with Crippen molar-refractivity contribution in [2.45, 2.75) is 37.5 Å². The van der Waals surface area contributed by atoms with Gasteiger partial charge in [0, 0.05) is 33.4 Å². The Kier molecular flexibility index (Phi) is 4.36. The topological polar surface area (TPSA) is 50.8 Å². The molecule has 1 N–H and O–H groups in total. The van der Waals surface area contributed by atoms with E-state index in [9.17, 15) is 4.79 Å². The van der Waals surface area contributed by atoms with Crippen molar-refractivity contribution in [1.82, 2.24) is 10.2 Å². The van der Waals surface area contributed by atoms with Crippen molar-refractivity contribution in [3.63, 3.8) is 0 Å². The summed E-state index contributed by atoms with van der Waals surface area (Å²) in [5.41, 5.74) is 0. The molecular weight excluding hydrogens is 220 g/mol. The highest BCUT2D eigenvalue weighted by Gasteiger charge is 2.38. The number of nitrogens with one attached hydrogen (secondary N) is 1. The summed E-state index contributed by atoms with van der Waals surface area (Å²) in [7, 11) is 3.37. The summed E-state index contributed by atoms with van der Waals surface area (Å²) < 4.78 is 10.3. The lowest BCUT2D eigenvalue weighted by Crippen LogP contribution is -2.46. The highest BCUT2D eigenvalue weighted by atomic mass is 16.5. The third kappa shape index (κ3) is 3.18. The van der Waals surface area contributed by atoms with Crippen molar-refractivity contribution in [2.75, 3.05) is 33.9 Å². The lowest BCUT2D eigenvalue weighted by atomic mass is 10.1. The van der Waals surface area contributed by atoms with Gasteiger partial charge in [0.25, 0.3) is 0 Å². The first-order chi connectivity index (χ1) is 8.26. The first-order valence-corrected chi connectivity index (χ1v) is 6.32. The molecule has 17 heavy (non-hydrogen) atoms. The monoisotopic (exact) mass is 242 g/mol. The average Bonchev–Trinajstić information content (AvgIpc) is 3.06. The van der Waals surface area contributed by atoms with Crippen molar-refractivity contribution in [3.05, 3.63) is 0 Å². The molecule has 98 valence electrons. The van der Waals surface area contributed by atoms with E-state index in [0.29, 0.717) is 19.2 Å². The van der Waals surface area contributed by atoms with Crippen molar-refractivity contribution in [3.8, 4) is 0 Å². The maximum Gasteiger partial charge on any atom is 0.240 e. The Morgan fingerprint density at radius 3 is 2.71 bits per heavy atom. The molecule has 0 bridgehead atoms. The molecule has 1 saturated carbocycles. The molecule has 2 fully saturated rings. The highest BCUT2D eigenvalue weighted by molar-refractivity contribution is 5.83. The van der Waals surface area contributed by atoms with Crippen LogP contribution >= 0.6 is 0 Å². The summed E-state index contributed by atoms with van der Waals surface area (Å²) >= 11 is 0. The van der Waals surface area contributed by atoms with E-state index in [2.05, 4.69) is 5.32 Å². The molecular formula is C12H22N2O3. The normalized spacial score (nSPS) is 28.4. The van der Waals surface area contributed by atoms with E-state index in [4.69, 9.17) is 9.47 Å². The van der Waals surface area contributed by atoms with Gasteiger partial charge in [-0.25, -0.2) is 0 Å². The molecule has 1 amide bonds. The van der Waals surface area contributed by atoms with E-state index in [1.807, 2.05) is 4.90 Å². The predicted molar refractivity (Wildman–Crippen MR) is 63.8 cm³/mol. The molecule has 1 heterocycles. The Balaban J connectivity index is 1.87. The van der Waals surface area contributed by atoms with E-state index in [-0.39, 0.29) is 18.1 Å². The van der Waals surface area contributed by atoms with Crippen molar-refractivity contribution in [1.29, 1.82) is 0 Å². The first-order valence-electron chi connectivity index (χ1n) is 6.32. The van der Waals surface area contributed by atoms with Gasteiger partial charge in [0.15, 0.2) is 0 Å². The third-order valence-electron chi connectivity index (χ3n) is 3.53. The third-order valence-corrected chi connectivity index (χ3v) is 3.53. The first kappa shape index (κ1) is 12.8. The second-order valence-electron chi connectivity index (χ2n) is 4.81. The van der Waals surface area contributed by atoms with E-state index >= 15 is 0 Å². The smallest absolute Gasteiger partial charge is 0.240 e. The van der Waals surface area contributed by atoms with E-state index in [0.717, 1.165) is 25.8 Å². The number of ether oxygens (including phenoxy) is 2. The number of hydrogen-bond donors (Lipinski definition) is 1. The van der Waals surface area contributed by atoms with Gasteiger partial charge in [-0.15, -0.1) is 0 Å². The molecule has 0 radical (unpaired) electrons. The number of hydrogen-bond acceptors (Lipinski definition) is 4. The van der Waals surface area contributed by atoms with Crippen LogP contribution in [0, 0.1) is 0 Å². The van der Waals surface area contributed by atoms with Crippen LogP contribution in [-0.4, -0.2) is 62.9 Å². The minimum Gasteiger partial charge on any atom is -0.383 e. The van der Waals surface area contributed by atoms with Gasteiger partial charge in [-0.3, -0.25) is 4.79 Å². The summed E-state index contributed by atoms with van der Waals surface area (Å²) in [4.78, 5) is 14.3. The van der Waals surface area contributed by atoms with Gasteiger partial charge in [0.2, 0.25) is 5.91 Å². The number of carbonyl (C=O) groups excluding carboxylic acids is 1. The summed E-state index contributed by atoms with van der Waals surface area (Å²) in [6, 6.07) is 0.374. The van der Waals surface area contributed by atoms with Gasteiger partial charge >= 0.3 is 0 Å². The summed E-state index contributed by atoms with van der Waals surface area (Å²) in [5, 5.41) is 3.24. The fourth-order valence-electron chi connectivity index (χ4n) is 2.32. The zero-order chi connectivity index (χ0) is 12.3. The Hall–Kier alpha value is -0.650. The van der Waals surface area contributed by atoms with Gasteiger partial charge in [0.05, 0.1) is 18.8 Å². The van der Waals surface area contributed by atoms with Crippen LogP contribution in [0.4, 0.5) is 0 Å². The SMILES string of the molecule is COCCN(C(=O)C1CC(OC)CN1)C1CC1. The Labute approximate surface area is 102 Å². The van der Waals surface area contributed by atoms with Crippen LogP contribution in [0.5, 0.6) is 0 Å². The van der Waals surface area contributed by atoms with Crippen molar-refractivity contribution >= 4 is 5.91 Å². The predicted octanol–water partition coefficient (Wildman–Crippen LogP) is 0.000700. The minimum absolute atomic E-state index is 0.0718. The van der Waals surface area contributed by atoms with Crippen LogP contribution in [0.15, 0.2) is 0 Å². The second-order valence-corrected chi connectivity index (χ2v) is 4.81. The van der Waals surface area contributed by atoms with Gasteiger partial charge in [-0.05, 0) is 19.3 Å². The minimum atomic E-state index is -0.0718. The van der Waals surface area contributed by atoms with Gasteiger partial charge in [-0.1, -0.05) is 0 Å². The molecule has 0 spiro atoms. The van der Waals surface area contributed by atoms with Gasteiger partial charge < -0.3 is 19.7 Å². The fraction of sp³-hybridized carbons (Fsp3) is 0.917. The Bertz CT molecular complexity index is 268. The maximum atomic E-state index is 12.3. The molecule has 2 unspecified atom stereocenters. The molecule has 0 aromatic carbocycles. The van der Waals surface area contributed by atoms with Crippen molar-refractivity contribution in [2.24, 2.45) is 0 Å². The number of carbonyl (C=O) groups is 1. The molecule has 0 aromatic heterocycles. The zero-order valence-electron chi connectivity index (χ0n) is 10.6. The number of rotatable bonds is 6. The standard InChI is InChI=1S/C12H22N2O3/c1-16-6-5-14(9-3-4-9)12(15)11-7-10(17-2)8-13-11/h9-11,13H,3-8H2,1-2H3. The van der Waals surface area contributed by atoms with E-state index in [1.165, 1.54) is 0 Å². The average molecular weight is 242 g/mol. The van der Waals surface area contributed by atoms with E-state index in [1.54, 1.807) is 14.2 Å². The zero-order valence-corrected chi connectivity index (χ0v) is 10.6. The van der Waals surface area contributed by atoms with Crippen LogP contribution in [0.2, 0.25) is 0 Å². The number of nitrogens with zero attached hydrogens (tertiary/aromatic N) is 1. The molecule has 1 saturated heterocycles. The van der Waals surface area contributed by atoms with E-state index < -0.39 is 0 Å². The quantitative estimate of drug-likeness (QED) is 0.712. The largest absolute Gasteiger partial charge is 0.383 e. The molecule has 5 heteroatoms. The Morgan fingerprint density at radius 2 is 2.18 bits per heavy atom. The highest BCUT2D eigenvalue weighted by Crippen LogP contribution is 2.28. The number of methoxy groups -OCH3 is 2. The van der Waals surface area contributed by atoms with Crippen LogP contribution in [0.1, 0.15) is 19.3 Å². The summed E-state index contributed by atoms with van der Waals surface area (Å²) in [6.45, 7) is 2.09. The summed E-state index contributed by atoms with van der Waals surface area (Å²) in [5.74, 6) is 0.212. The Morgan fingerprint density at radius 1 is 1.41 bits per heavy atom. The van der Waals surface area contributed by atoms with Crippen LogP contribution in [0.25, 0.3) is 0 Å². The van der Waals surface area contributed by atoms with Crippen molar-refractivity contribution < 1.29 is 14.3 Å². The number of amides is 1. The maximum absolute atomic E-state index is 12.3. The lowest BCUT2D eigenvalue weighted by Gasteiger charge is -2.25. The molecule has 1 aliphatic heterocycles. The van der Waals surface area contributed by atoms with Crippen LogP contribution in [-0.2, 0) is 14.3 Å². The molecule has 5 nitrogen and oxygen atoms in total. The molecule has 1 aliphatic carbocycles. The van der Waals surface area contributed by atoms with Crippen LogP contribution < -0.4 is 5.32 Å². The second kappa shape index (κ2) is 5.80. The molecule has 2 rings (SSSR count). The van der Waals surface area contributed by atoms with Gasteiger partial charge in [-0.2, -0.15) is 0 Å². The van der Waals surface area contributed by atoms with Gasteiger partial charge in [0.1, 0.15) is 0 Å². The summed E-state index contributed by atoms with van der Waals surface area (Å²) in [6.07, 6.45) is 3.23. The molecule has 2 aliphatic rings. The molecule has 0 aromatic rings. The van der Waals surface area contributed by atoms with Crippen LogP contribution in [0.3, 0.4) is 0 Å².